The number of benzene rings is 2. The molecule has 1 N–H and O–H groups in total. The number of nitrogens with one attached hydrogen (secondary N) is 1. The highest BCUT2D eigenvalue weighted by Crippen LogP contribution is 2.32. The fourth-order valence-electron chi connectivity index (χ4n) is 2.65. The van der Waals surface area contributed by atoms with Crippen LogP contribution in [0.3, 0.4) is 0 Å². The average molecular weight is 421 g/mol. The minimum Gasteiger partial charge on any atom is -0.338 e. The zero-order valence-corrected chi connectivity index (χ0v) is 15.7. The Labute approximate surface area is 167 Å². The summed E-state index contributed by atoms with van der Waals surface area (Å²) in [6, 6.07) is 12.3. The highest BCUT2D eigenvalue weighted by atomic mass is 35.5. The first-order valence-electron chi connectivity index (χ1n) is 8.18. The van der Waals surface area contributed by atoms with Gasteiger partial charge in [0.15, 0.2) is 5.82 Å². The molecule has 0 aliphatic heterocycles. The van der Waals surface area contributed by atoms with E-state index in [1.54, 1.807) is 0 Å². The van der Waals surface area contributed by atoms with E-state index >= 15 is 0 Å². The first-order chi connectivity index (χ1) is 13.4. The Balaban J connectivity index is 1.61. The van der Waals surface area contributed by atoms with Crippen LogP contribution in [0.5, 0.6) is 0 Å². The molecule has 0 radical (unpaired) electrons. The summed E-state index contributed by atoms with van der Waals surface area (Å²) in [5.74, 6) is 0.436. The zero-order chi connectivity index (χ0) is 19.7. The molecule has 2 aromatic heterocycles. The van der Waals surface area contributed by atoms with E-state index in [4.69, 9.17) is 11.6 Å². The number of rotatable bonds is 4. The molecule has 0 amide bonds. The molecule has 142 valence electrons. The molecular formula is C19H12ClF3N4S. The van der Waals surface area contributed by atoms with Gasteiger partial charge in [0.2, 0.25) is 0 Å². The highest BCUT2D eigenvalue weighted by molar-refractivity contribution is 7.18. The molecule has 2 heterocycles. The van der Waals surface area contributed by atoms with Crippen LogP contribution in [0, 0.1) is 0 Å². The van der Waals surface area contributed by atoms with Crippen molar-refractivity contribution in [2.45, 2.75) is 12.6 Å². The molecule has 0 aliphatic rings. The Hall–Kier alpha value is -2.71. The number of aromatic nitrogens is 3. The van der Waals surface area contributed by atoms with E-state index in [1.165, 1.54) is 29.8 Å². The first-order valence-corrected chi connectivity index (χ1v) is 9.38. The summed E-state index contributed by atoms with van der Waals surface area (Å²) >= 11 is 7.63. The molecule has 0 aliphatic carbocycles. The van der Waals surface area contributed by atoms with Crippen LogP contribution in [-0.4, -0.2) is 15.0 Å². The summed E-state index contributed by atoms with van der Waals surface area (Å²) in [5.41, 5.74) is 1.29. The Morgan fingerprint density at radius 1 is 1.00 bits per heavy atom. The highest BCUT2D eigenvalue weighted by Gasteiger charge is 2.30. The van der Waals surface area contributed by atoms with Crippen molar-refractivity contribution < 1.29 is 13.2 Å². The van der Waals surface area contributed by atoms with Gasteiger partial charge in [-0.1, -0.05) is 41.1 Å². The van der Waals surface area contributed by atoms with Crippen molar-refractivity contribution in [1.82, 2.24) is 15.0 Å². The molecular weight excluding hydrogens is 409 g/mol. The smallest absolute Gasteiger partial charge is 0.338 e. The van der Waals surface area contributed by atoms with E-state index < -0.39 is 11.7 Å². The molecule has 0 saturated carbocycles. The lowest BCUT2D eigenvalue weighted by molar-refractivity contribution is -0.137. The number of halogens is 4. The van der Waals surface area contributed by atoms with E-state index in [0.29, 0.717) is 33.3 Å². The van der Waals surface area contributed by atoms with Gasteiger partial charge in [-0.3, -0.25) is 0 Å². The van der Waals surface area contributed by atoms with Crippen LogP contribution in [0.1, 0.15) is 16.1 Å². The number of thiazole rings is 1. The molecule has 0 atom stereocenters. The van der Waals surface area contributed by atoms with Crippen LogP contribution in [0.15, 0.2) is 54.9 Å². The standard InChI is InChI=1S/C19H12ClF3N4S/c20-14-4-2-1-3-11(14)9-15-27-16-17(24-10-25-18(16)28-15)26-13-7-5-12(6-8-13)19(21,22)23/h1-8,10H,9H2,(H,24,25,26). The average Bonchev–Trinajstić information content (AvgIpc) is 3.07. The Kier molecular flexibility index (Phi) is 4.91. The number of alkyl halides is 3. The quantitative estimate of drug-likeness (QED) is 0.434. The van der Waals surface area contributed by atoms with Crippen molar-refractivity contribution in [3.8, 4) is 0 Å². The third kappa shape index (κ3) is 3.93. The molecule has 0 spiro atoms. The third-order valence-electron chi connectivity index (χ3n) is 4.01. The molecule has 0 unspecified atom stereocenters. The fourth-order valence-corrected chi connectivity index (χ4v) is 3.78. The Morgan fingerprint density at radius 3 is 2.46 bits per heavy atom. The number of nitrogens with zero attached hydrogens (tertiary/aromatic N) is 3. The maximum absolute atomic E-state index is 12.7. The molecule has 2 aromatic carbocycles. The maximum Gasteiger partial charge on any atom is 0.416 e. The van der Waals surface area contributed by atoms with Gasteiger partial charge in [0, 0.05) is 17.1 Å². The monoisotopic (exact) mass is 420 g/mol. The SMILES string of the molecule is FC(F)(F)c1ccc(Nc2ncnc3sc(Cc4ccccc4Cl)nc23)cc1. The lowest BCUT2D eigenvalue weighted by atomic mass is 10.2. The largest absolute Gasteiger partial charge is 0.416 e. The van der Waals surface area contributed by atoms with Crippen LogP contribution in [-0.2, 0) is 12.6 Å². The van der Waals surface area contributed by atoms with Crippen LogP contribution in [0.25, 0.3) is 10.3 Å². The number of anilines is 2. The van der Waals surface area contributed by atoms with E-state index in [2.05, 4.69) is 20.3 Å². The van der Waals surface area contributed by atoms with Crippen molar-refractivity contribution in [2.75, 3.05) is 5.32 Å². The molecule has 4 rings (SSSR count). The fraction of sp³-hybridized carbons (Fsp3) is 0.105. The van der Waals surface area contributed by atoms with E-state index in [1.807, 2.05) is 24.3 Å². The molecule has 0 saturated heterocycles. The molecule has 4 aromatic rings. The van der Waals surface area contributed by atoms with Gasteiger partial charge >= 0.3 is 6.18 Å². The number of hydrogen-bond acceptors (Lipinski definition) is 5. The summed E-state index contributed by atoms with van der Waals surface area (Å²) in [5, 5.41) is 4.50. The molecule has 28 heavy (non-hydrogen) atoms. The molecule has 0 bridgehead atoms. The summed E-state index contributed by atoms with van der Waals surface area (Å²) in [6.07, 6.45) is -2.42. The van der Waals surface area contributed by atoms with Crippen LogP contribution in [0.2, 0.25) is 5.02 Å². The van der Waals surface area contributed by atoms with Gasteiger partial charge in [-0.15, -0.1) is 0 Å². The zero-order valence-electron chi connectivity index (χ0n) is 14.2. The third-order valence-corrected chi connectivity index (χ3v) is 5.35. The minimum atomic E-state index is -4.37. The first kappa shape index (κ1) is 18.6. The number of fused-ring (bicyclic) bond motifs is 1. The summed E-state index contributed by atoms with van der Waals surface area (Å²) < 4.78 is 38.1. The molecule has 4 nitrogen and oxygen atoms in total. The van der Waals surface area contributed by atoms with Crippen molar-refractivity contribution in [2.24, 2.45) is 0 Å². The van der Waals surface area contributed by atoms with Gasteiger partial charge in [-0.05, 0) is 35.9 Å². The summed E-state index contributed by atoms with van der Waals surface area (Å²) in [6.45, 7) is 0. The van der Waals surface area contributed by atoms with Gasteiger partial charge in [-0.2, -0.15) is 13.2 Å². The van der Waals surface area contributed by atoms with Gasteiger partial charge in [0.25, 0.3) is 0 Å². The predicted molar refractivity (Wildman–Crippen MR) is 104 cm³/mol. The maximum atomic E-state index is 12.7. The Morgan fingerprint density at radius 2 is 1.75 bits per heavy atom. The predicted octanol–water partition coefficient (Wildman–Crippen LogP) is 6.09. The summed E-state index contributed by atoms with van der Waals surface area (Å²) in [4.78, 5) is 13.7. The molecule has 9 heteroatoms. The van der Waals surface area contributed by atoms with Crippen LogP contribution < -0.4 is 5.32 Å². The second-order valence-corrected chi connectivity index (χ2v) is 7.42. The van der Waals surface area contributed by atoms with Crippen molar-refractivity contribution in [3.63, 3.8) is 0 Å². The van der Waals surface area contributed by atoms with Gasteiger partial charge in [0.1, 0.15) is 21.7 Å². The van der Waals surface area contributed by atoms with Crippen molar-refractivity contribution >= 4 is 44.8 Å². The number of hydrogen-bond donors (Lipinski definition) is 1. The van der Waals surface area contributed by atoms with E-state index in [0.717, 1.165) is 22.7 Å². The van der Waals surface area contributed by atoms with Gasteiger partial charge < -0.3 is 5.32 Å². The Bertz CT molecular complexity index is 1130. The topological polar surface area (TPSA) is 50.7 Å². The normalized spacial score (nSPS) is 11.7. The second kappa shape index (κ2) is 7.37. The van der Waals surface area contributed by atoms with Gasteiger partial charge in [-0.25, -0.2) is 15.0 Å². The van der Waals surface area contributed by atoms with Crippen molar-refractivity contribution in [3.05, 3.63) is 76.0 Å². The van der Waals surface area contributed by atoms with E-state index in [-0.39, 0.29) is 0 Å². The van der Waals surface area contributed by atoms with Crippen molar-refractivity contribution in [1.29, 1.82) is 0 Å². The summed E-state index contributed by atoms with van der Waals surface area (Å²) in [7, 11) is 0. The lowest BCUT2D eigenvalue weighted by Crippen LogP contribution is -2.04. The van der Waals surface area contributed by atoms with Crippen LogP contribution in [0.4, 0.5) is 24.7 Å². The van der Waals surface area contributed by atoms with Crippen LogP contribution >= 0.6 is 22.9 Å². The second-order valence-electron chi connectivity index (χ2n) is 5.95. The minimum absolute atomic E-state index is 0.436. The van der Waals surface area contributed by atoms with Gasteiger partial charge in [0.05, 0.1) is 5.56 Å². The lowest BCUT2D eigenvalue weighted by Gasteiger charge is -2.09. The van der Waals surface area contributed by atoms with E-state index in [9.17, 15) is 13.2 Å². The molecule has 0 fully saturated rings.